The molecular formula is C46H33N. The number of benzene rings is 8. The Kier molecular flexibility index (Phi) is 7.63. The van der Waals surface area contributed by atoms with E-state index in [-0.39, 0.29) is 0 Å². The molecule has 0 unspecified atom stereocenters. The molecule has 0 aliphatic carbocycles. The summed E-state index contributed by atoms with van der Waals surface area (Å²) in [5.41, 5.74) is 13.1. The molecule has 222 valence electrons. The maximum Gasteiger partial charge on any atom is 0.0462 e. The molecule has 0 aromatic heterocycles. The third-order valence-corrected chi connectivity index (χ3v) is 8.89. The Balaban J connectivity index is 1.13. The number of nitrogens with zero attached hydrogens (tertiary/aromatic N) is 1. The second-order valence-electron chi connectivity index (χ2n) is 11.8. The molecule has 0 saturated heterocycles. The van der Waals surface area contributed by atoms with Crippen LogP contribution in [0.3, 0.4) is 0 Å². The highest BCUT2D eigenvalue weighted by molar-refractivity contribution is 5.98. The van der Waals surface area contributed by atoms with Crippen molar-refractivity contribution in [3.8, 4) is 44.5 Å². The van der Waals surface area contributed by atoms with Crippen molar-refractivity contribution in [2.45, 2.75) is 0 Å². The topological polar surface area (TPSA) is 3.24 Å². The molecule has 0 aliphatic rings. The van der Waals surface area contributed by atoms with E-state index in [9.17, 15) is 0 Å². The Labute approximate surface area is 276 Å². The Morgan fingerprint density at radius 2 is 0.681 bits per heavy atom. The van der Waals surface area contributed by atoms with E-state index in [0.29, 0.717) is 0 Å². The van der Waals surface area contributed by atoms with Crippen LogP contribution in [0.4, 0.5) is 17.1 Å². The quantitative estimate of drug-likeness (QED) is 0.176. The summed E-state index contributed by atoms with van der Waals surface area (Å²) in [5.74, 6) is 0. The molecule has 8 rings (SSSR count). The van der Waals surface area contributed by atoms with Gasteiger partial charge < -0.3 is 4.90 Å². The zero-order valence-corrected chi connectivity index (χ0v) is 26.0. The SMILES string of the molecule is c1ccc(-c2ccccc2-c2ccc(N(c3ccccc3)c3ccc(-c4ccc5c(-c6ccccc6)cccc5c4)cc3)cc2)cc1. The van der Waals surface area contributed by atoms with Crippen molar-refractivity contribution in [2.24, 2.45) is 0 Å². The van der Waals surface area contributed by atoms with Gasteiger partial charge in [-0.1, -0.05) is 158 Å². The van der Waals surface area contributed by atoms with Crippen molar-refractivity contribution in [1.29, 1.82) is 0 Å². The van der Waals surface area contributed by atoms with E-state index in [1.165, 1.54) is 55.3 Å². The van der Waals surface area contributed by atoms with Gasteiger partial charge in [0.15, 0.2) is 0 Å². The molecule has 0 spiro atoms. The average molecular weight is 600 g/mol. The van der Waals surface area contributed by atoms with E-state index in [4.69, 9.17) is 0 Å². The minimum Gasteiger partial charge on any atom is -0.311 e. The highest BCUT2D eigenvalue weighted by Gasteiger charge is 2.14. The number of fused-ring (bicyclic) bond motifs is 1. The van der Waals surface area contributed by atoms with Crippen LogP contribution < -0.4 is 4.90 Å². The van der Waals surface area contributed by atoms with Crippen molar-refractivity contribution in [1.82, 2.24) is 0 Å². The van der Waals surface area contributed by atoms with Crippen LogP contribution in [-0.2, 0) is 0 Å². The smallest absolute Gasteiger partial charge is 0.0462 e. The maximum atomic E-state index is 2.32. The molecule has 1 heteroatoms. The predicted octanol–water partition coefficient (Wildman–Crippen LogP) is 13.0. The summed E-state index contributed by atoms with van der Waals surface area (Å²) >= 11 is 0. The lowest BCUT2D eigenvalue weighted by Crippen LogP contribution is -2.09. The Morgan fingerprint density at radius 1 is 0.255 bits per heavy atom. The van der Waals surface area contributed by atoms with Gasteiger partial charge in [-0.3, -0.25) is 0 Å². The first-order valence-electron chi connectivity index (χ1n) is 16.1. The number of para-hydroxylation sites is 1. The molecule has 1 nitrogen and oxygen atoms in total. The van der Waals surface area contributed by atoms with Gasteiger partial charge in [-0.2, -0.15) is 0 Å². The van der Waals surface area contributed by atoms with Crippen LogP contribution in [-0.4, -0.2) is 0 Å². The van der Waals surface area contributed by atoms with Crippen LogP contribution in [0.2, 0.25) is 0 Å². The van der Waals surface area contributed by atoms with E-state index in [0.717, 1.165) is 17.1 Å². The van der Waals surface area contributed by atoms with Crippen LogP contribution in [0.25, 0.3) is 55.3 Å². The van der Waals surface area contributed by atoms with Gasteiger partial charge in [0.25, 0.3) is 0 Å². The van der Waals surface area contributed by atoms with Gasteiger partial charge in [0.2, 0.25) is 0 Å². The number of rotatable bonds is 7. The van der Waals surface area contributed by atoms with Crippen LogP contribution in [0.15, 0.2) is 200 Å². The van der Waals surface area contributed by atoms with Gasteiger partial charge in [0, 0.05) is 17.1 Å². The number of hydrogen-bond donors (Lipinski definition) is 0. The molecule has 0 bridgehead atoms. The summed E-state index contributed by atoms with van der Waals surface area (Å²) in [6.07, 6.45) is 0. The molecule has 0 amide bonds. The molecule has 8 aromatic rings. The van der Waals surface area contributed by atoms with Crippen molar-refractivity contribution in [3.63, 3.8) is 0 Å². The normalized spacial score (nSPS) is 11.0. The molecule has 0 radical (unpaired) electrons. The second kappa shape index (κ2) is 12.7. The van der Waals surface area contributed by atoms with Gasteiger partial charge in [-0.25, -0.2) is 0 Å². The summed E-state index contributed by atoms with van der Waals surface area (Å²) in [6.45, 7) is 0. The minimum atomic E-state index is 1.11. The number of anilines is 3. The molecule has 0 aliphatic heterocycles. The fraction of sp³-hybridized carbons (Fsp3) is 0. The summed E-state index contributed by atoms with van der Waals surface area (Å²) < 4.78 is 0. The lowest BCUT2D eigenvalue weighted by Gasteiger charge is -2.26. The first kappa shape index (κ1) is 28.3. The van der Waals surface area contributed by atoms with Gasteiger partial charge in [-0.15, -0.1) is 0 Å². The van der Waals surface area contributed by atoms with Crippen LogP contribution in [0, 0.1) is 0 Å². The zero-order valence-electron chi connectivity index (χ0n) is 26.0. The lowest BCUT2D eigenvalue weighted by atomic mass is 9.94. The largest absolute Gasteiger partial charge is 0.311 e. The highest BCUT2D eigenvalue weighted by Crippen LogP contribution is 2.39. The van der Waals surface area contributed by atoms with Gasteiger partial charge in [0.1, 0.15) is 0 Å². The van der Waals surface area contributed by atoms with Gasteiger partial charge in [-0.05, 0) is 97.7 Å². The van der Waals surface area contributed by atoms with Crippen molar-refractivity contribution in [2.75, 3.05) is 4.90 Å². The predicted molar refractivity (Wildman–Crippen MR) is 200 cm³/mol. The number of hydrogen-bond acceptors (Lipinski definition) is 1. The van der Waals surface area contributed by atoms with Crippen LogP contribution in [0.5, 0.6) is 0 Å². The molecule has 0 saturated carbocycles. The molecule has 0 heterocycles. The van der Waals surface area contributed by atoms with Crippen LogP contribution in [0.1, 0.15) is 0 Å². The maximum absolute atomic E-state index is 2.32. The van der Waals surface area contributed by atoms with Crippen molar-refractivity contribution in [3.05, 3.63) is 200 Å². The van der Waals surface area contributed by atoms with Crippen molar-refractivity contribution < 1.29 is 0 Å². The van der Waals surface area contributed by atoms with E-state index < -0.39 is 0 Å². The summed E-state index contributed by atoms with van der Waals surface area (Å²) in [7, 11) is 0. The fourth-order valence-corrected chi connectivity index (χ4v) is 6.55. The lowest BCUT2D eigenvalue weighted by molar-refractivity contribution is 1.28. The average Bonchev–Trinajstić information content (AvgIpc) is 3.16. The van der Waals surface area contributed by atoms with E-state index in [2.05, 4.69) is 205 Å². The van der Waals surface area contributed by atoms with E-state index in [1.54, 1.807) is 0 Å². The Bertz CT molecular complexity index is 2250. The minimum absolute atomic E-state index is 1.11. The molecule has 47 heavy (non-hydrogen) atoms. The third kappa shape index (κ3) is 5.72. The summed E-state index contributed by atoms with van der Waals surface area (Å²) in [5, 5.41) is 2.51. The molecular weight excluding hydrogens is 567 g/mol. The third-order valence-electron chi connectivity index (χ3n) is 8.89. The highest BCUT2D eigenvalue weighted by atomic mass is 15.1. The summed E-state index contributed by atoms with van der Waals surface area (Å²) in [4.78, 5) is 2.32. The van der Waals surface area contributed by atoms with E-state index >= 15 is 0 Å². The first-order chi connectivity index (χ1) is 23.3. The Morgan fingerprint density at radius 3 is 1.28 bits per heavy atom. The fourth-order valence-electron chi connectivity index (χ4n) is 6.55. The second-order valence-corrected chi connectivity index (χ2v) is 11.8. The summed E-state index contributed by atoms with van der Waals surface area (Å²) in [6, 6.07) is 71.7. The standard InChI is InChI=1S/C46H33N/c1-4-13-35(14-5-1)43-20-10-11-21-44(43)37-25-30-42(31-26-37)47(40-18-8-3-9-19-40)41-28-23-34(24-29-41)38-27-32-46-39(33-38)17-12-22-45(46)36-15-6-2-7-16-36/h1-33H. The molecule has 0 atom stereocenters. The molecule has 0 fully saturated rings. The molecule has 8 aromatic carbocycles. The molecule has 0 N–H and O–H groups in total. The monoisotopic (exact) mass is 599 g/mol. The van der Waals surface area contributed by atoms with Gasteiger partial charge >= 0.3 is 0 Å². The van der Waals surface area contributed by atoms with Crippen LogP contribution >= 0.6 is 0 Å². The zero-order chi connectivity index (χ0) is 31.4. The van der Waals surface area contributed by atoms with Crippen molar-refractivity contribution >= 4 is 27.8 Å². The Hall–Kier alpha value is -6.18. The van der Waals surface area contributed by atoms with Gasteiger partial charge in [0.05, 0.1) is 0 Å². The van der Waals surface area contributed by atoms with E-state index in [1.807, 2.05) is 0 Å². The first-order valence-corrected chi connectivity index (χ1v) is 16.1.